The number of nitrogens with zero attached hydrogens (tertiary/aromatic N) is 5. The summed E-state index contributed by atoms with van der Waals surface area (Å²) in [5.41, 5.74) is 7.50. The van der Waals surface area contributed by atoms with Crippen molar-refractivity contribution in [3.05, 3.63) is 62.8 Å². The topological polar surface area (TPSA) is 91.1 Å². The third-order valence-electron chi connectivity index (χ3n) is 5.66. The second-order valence-corrected chi connectivity index (χ2v) is 7.82. The van der Waals surface area contributed by atoms with E-state index in [0.29, 0.717) is 30.2 Å². The number of piperidine rings is 1. The van der Waals surface area contributed by atoms with Crippen LogP contribution in [0.4, 0.5) is 5.95 Å². The van der Waals surface area contributed by atoms with Crippen LogP contribution in [0.2, 0.25) is 0 Å². The Kier molecular flexibility index (Phi) is 5.59. The largest absolute Gasteiger partial charge is 0.341 e. The molecule has 30 heavy (non-hydrogen) atoms. The molecule has 8 heteroatoms. The van der Waals surface area contributed by atoms with E-state index in [1.165, 1.54) is 17.2 Å². The van der Waals surface area contributed by atoms with E-state index in [1.807, 2.05) is 29.7 Å². The van der Waals surface area contributed by atoms with E-state index in [0.717, 1.165) is 30.4 Å². The average molecular weight is 409 g/mol. The number of allylic oxidation sites excluding steroid dienone is 1. The highest BCUT2D eigenvalue weighted by atomic mass is 16.2. The van der Waals surface area contributed by atoms with Crippen LogP contribution in [0.1, 0.15) is 25.3 Å². The number of anilines is 1. The summed E-state index contributed by atoms with van der Waals surface area (Å²) >= 11 is 0. The third-order valence-corrected chi connectivity index (χ3v) is 5.66. The Bertz CT molecular complexity index is 1190. The molecule has 8 nitrogen and oxygen atoms in total. The first kappa shape index (κ1) is 20.2. The van der Waals surface area contributed by atoms with Crippen molar-refractivity contribution >= 4 is 23.3 Å². The predicted molar refractivity (Wildman–Crippen MR) is 120 cm³/mol. The van der Waals surface area contributed by atoms with Crippen molar-refractivity contribution in [2.24, 2.45) is 12.8 Å². The molecule has 1 fully saturated rings. The molecule has 0 bridgehead atoms. The van der Waals surface area contributed by atoms with Gasteiger partial charge in [-0.25, -0.2) is 4.79 Å². The number of hydrogen-bond acceptors (Lipinski definition) is 5. The quantitative estimate of drug-likeness (QED) is 0.692. The fourth-order valence-electron chi connectivity index (χ4n) is 4.12. The van der Waals surface area contributed by atoms with Gasteiger partial charge in [-0.05, 0) is 31.7 Å². The maximum atomic E-state index is 13.1. The molecular weight excluding hydrogens is 380 g/mol. The number of fused-ring (bicyclic) bond motifs is 1. The Labute approximate surface area is 174 Å². The van der Waals surface area contributed by atoms with Crippen molar-refractivity contribution in [1.82, 2.24) is 18.7 Å². The van der Waals surface area contributed by atoms with Gasteiger partial charge < -0.3 is 15.2 Å². The molecule has 2 N–H and O–H groups in total. The van der Waals surface area contributed by atoms with Crippen molar-refractivity contribution in [2.45, 2.75) is 38.8 Å². The second kappa shape index (κ2) is 8.31. The first-order valence-electron chi connectivity index (χ1n) is 10.4. The lowest BCUT2D eigenvalue weighted by atomic mass is 10.1. The fourth-order valence-corrected chi connectivity index (χ4v) is 4.12. The molecule has 0 saturated carbocycles. The van der Waals surface area contributed by atoms with Crippen molar-refractivity contribution in [1.29, 1.82) is 0 Å². The van der Waals surface area contributed by atoms with Crippen LogP contribution in [-0.4, -0.2) is 37.8 Å². The first-order chi connectivity index (χ1) is 14.5. The number of aryl methyl sites for hydroxylation is 2. The van der Waals surface area contributed by atoms with Crippen LogP contribution in [0.15, 0.2) is 46.0 Å². The van der Waals surface area contributed by atoms with Gasteiger partial charge in [-0.15, -0.1) is 0 Å². The van der Waals surface area contributed by atoms with Crippen LogP contribution in [0, 0.1) is 0 Å². The lowest BCUT2D eigenvalue weighted by Crippen LogP contribution is -2.44. The molecule has 0 radical (unpaired) electrons. The number of benzene rings is 1. The van der Waals surface area contributed by atoms with Gasteiger partial charge in [0.25, 0.3) is 5.56 Å². The fraction of sp³-hybridized carbons (Fsp3) is 0.409. The highest BCUT2D eigenvalue weighted by Crippen LogP contribution is 2.24. The minimum atomic E-state index is -0.403. The Hall–Kier alpha value is -3.13. The third kappa shape index (κ3) is 3.59. The molecule has 1 aliphatic heterocycles. The van der Waals surface area contributed by atoms with Crippen LogP contribution in [0.3, 0.4) is 0 Å². The minimum absolute atomic E-state index is 0.0710. The van der Waals surface area contributed by atoms with Crippen LogP contribution in [0.25, 0.3) is 17.4 Å². The lowest BCUT2D eigenvalue weighted by Gasteiger charge is -2.31. The average Bonchev–Trinajstić information content (AvgIpc) is 3.14. The van der Waals surface area contributed by atoms with E-state index < -0.39 is 5.69 Å². The van der Waals surface area contributed by atoms with E-state index in [-0.39, 0.29) is 11.6 Å². The molecule has 0 spiro atoms. The smallest absolute Gasteiger partial charge is 0.336 e. The van der Waals surface area contributed by atoms with Gasteiger partial charge in [0.1, 0.15) is 0 Å². The van der Waals surface area contributed by atoms with Crippen LogP contribution in [0.5, 0.6) is 0 Å². The van der Waals surface area contributed by atoms with Crippen LogP contribution < -0.4 is 21.9 Å². The predicted octanol–water partition coefficient (Wildman–Crippen LogP) is 1.56. The monoisotopic (exact) mass is 408 g/mol. The summed E-state index contributed by atoms with van der Waals surface area (Å²) in [6.07, 6.45) is 6.13. The molecule has 1 saturated heterocycles. The summed E-state index contributed by atoms with van der Waals surface area (Å²) in [4.78, 5) is 32.8. The number of hydrogen-bond donors (Lipinski definition) is 1. The Morgan fingerprint density at radius 3 is 2.70 bits per heavy atom. The molecule has 4 rings (SSSR count). The van der Waals surface area contributed by atoms with Gasteiger partial charge in [-0.1, -0.05) is 36.4 Å². The van der Waals surface area contributed by atoms with E-state index >= 15 is 0 Å². The van der Waals surface area contributed by atoms with Crippen molar-refractivity contribution in [2.75, 3.05) is 18.0 Å². The summed E-state index contributed by atoms with van der Waals surface area (Å²) in [5.74, 6) is 0.706. The van der Waals surface area contributed by atoms with Gasteiger partial charge in [-0.2, -0.15) is 4.98 Å². The highest BCUT2D eigenvalue weighted by Gasteiger charge is 2.26. The van der Waals surface area contributed by atoms with E-state index in [2.05, 4.69) is 17.0 Å². The summed E-state index contributed by atoms with van der Waals surface area (Å²) < 4.78 is 4.56. The van der Waals surface area contributed by atoms with E-state index in [9.17, 15) is 9.59 Å². The first-order valence-corrected chi connectivity index (χ1v) is 10.4. The van der Waals surface area contributed by atoms with Gasteiger partial charge in [0.2, 0.25) is 5.95 Å². The molecule has 0 aliphatic carbocycles. The molecule has 0 amide bonds. The van der Waals surface area contributed by atoms with Crippen molar-refractivity contribution in [3.63, 3.8) is 0 Å². The maximum Gasteiger partial charge on any atom is 0.336 e. The van der Waals surface area contributed by atoms with Crippen molar-refractivity contribution in [3.8, 4) is 0 Å². The van der Waals surface area contributed by atoms with Crippen molar-refractivity contribution < 1.29 is 0 Å². The molecule has 1 aromatic carbocycles. The molecule has 1 aliphatic rings. The van der Waals surface area contributed by atoms with E-state index in [4.69, 9.17) is 10.7 Å². The number of aromatic nitrogens is 4. The van der Waals surface area contributed by atoms with Gasteiger partial charge in [-0.3, -0.25) is 13.9 Å². The van der Waals surface area contributed by atoms with E-state index in [1.54, 1.807) is 12.3 Å². The zero-order chi connectivity index (χ0) is 21.3. The number of nitrogens with two attached hydrogens (primary N) is 1. The summed E-state index contributed by atoms with van der Waals surface area (Å²) in [6.45, 7) is 3.94. The summed E-state index contributed by atoms with van der Waals surface area (Å²) in [5, 5.41) is 0. The zero-order valence-corrected chi connectivity index (χ0v) is 17.5. The Morgan fingerprint density at radius 2 is 2.00 bits per heavy atom. The van der Waals surface area contributed by atoms with Crippen LogP contribution in [-0.2, 0) is 20.0 Å². The summed E-state index contributed by atoms with van der Waals surface area (Å²) in [7, 11) is 1.51. The lowest BCUT2D eigenvalue weighted by molar-refractivity contribution is 0.493. The maximum absolute atomic E-state index is 13.1. The highest BCUT2D eigenvalue weighted by molar-refractivity contribution is 5.76. The Morgan fingerprint density at radius 1 is 1.23 bits per heavy atom. The van der Waals surface area contributed by atoms with Gasteiger partial charge >= 0.3 is 5.69 Å². The normalized spacial score (nSPS) is 17.3. The molecule has 3 aromatic rings. The van der Waals surface area contributed by atoms with Gasteiger partial charge in [0, 0.05) is 38.9 Å². The Balaban J connectivity index is 1.91. The van der Waals surface area contributed by atoms with Crippen LogP contribution >= 0.6 is 0 Å². The molecule has 1 unspecified atom stereocenters. The minimum Gasteiger partial charge on any atom is -0.341 e. The molecule has 1 atom stereocenters. The van der Waals surface area contributed by atoms with Gasteiger partial charge in [0.15, 0.2) is 11.2 Å². The molecule has 158 valence electrons. The second-order valence-electron chi connectivity index (χ2n) is 7.82. The standard InChI is InChI=1S/C22H28N6O2/c1-3-12-28-19-18(20(29)25(2)22(28)30)27(14-11-16-8-5-4-6-9-16)21(24-19)26-13-7-10-17(23)15-26/h3-6,8-9,12,17H,7,10-11,13-15,23H2,1-2H3. The number of imidazole rings is 1. The molecular formula is C22H28N6O2. The summed E-state index contributed by atoms with van der Waals surface area (Å²) in [6, 6.07) is 10.2. The van der Waals surface area contributed by atoms with Gasteiger partial charge in [0.05, 0.1) is 0 Å². The molecule has 3 heterocycles. The SMILES string of the molecule is CC=Cn1c(=O)n(C)c(=O)c2c1nc(N1CCCC(N)C1)n2CCc1ccccc1. The molecule has 2 aromatic heterocycles. The zero-order valence-electron chi connectivity index (χ0n) is 17.5. The number of rotatable bonds is 5.